The summed E-state index contributed by atoms with van der Waals surface area (Å²) in [4.78, 5) is 29.0. The molecule has 5 fully saturated rings. The van der Waals surface area contributed by atoms with Crippen molar-refractivity contribution in [2.45, 2.75) is 161 Å². The number of fused-ring (bicyclic) bond motifs is 5. The number of ketones is 1. The van der Waals surface area contributed by atoms with E-state index >= 15 is 0 Å². The van der Waals surface area contributed by atoms with Crippen LogP contribution in [0.25, 0.3) is 0 Å². The van der Waals surface area contributed by atoms with E-state index in [-0.39, 0.29) is 53.8 Å². The van der Waals surface area contributed by atoms with Crippen molar-refractivity contribution >= 4 is 17.4 Å². The Hall–Kier alpha value is -2.30. The molecule has 0 aromatic heterocycles. The summed E-state index contributed by atoms with van der Waals surface area (Å²) in [6, 6.07) is 5.42. The maximum atomic E-state index is 13.9. The summed E-state index contributed by atoms with van der Waals surface area (Å²) in [5.74, 6) is 0.145. The monoisotopic (exact) mass is 735 g/mol. The first-order valence-electron chi connectivity index (χ1n) is 20.8. The number of nitrogens with zero attached hydrogens (tertiary/aromatic N) is 1. The molecule has 1 aromatic rings. The number of aliphatic hydroxyl groups is 4. The van der Waals surface area contributed by atoms with Crippen LogP contribution in [0.1, 0.15) is 124 Å². The number of phenolic OH excluding ortho intramolecular Hbond substituents is 1. The number of aliphatic hydroxyl groups excluding tert-OH is 2. The van der Waals surface area contributed by atoms with Crippen molar-refractivity contribution in [3.8, 4) is 5.75 Å². The van der Waals surface area contributed by atoms with Gasteiger partial charge in [-0.25, -0.2) is 0 Å². The van der Waals surface area contributed by atoms with Crippen LogP contribution in [-0.2, 0) is 20.7 Å². The number of aromatic hydroxyl groups is 1. The summed E-state index contributed by atoms with van der Waals surface area (Å²) in [7, 11) is 0. The molecule has 0 spiro atoms. The molecule has 13 unspecified atom stereocenters. The summed E-state index contributed by atoms with van der Waals surface area (Å²) < 4.78 is 6.29. The molecular formula is C44H65NO8. The zero-order valence-electron chi connectivity index (χ0n) is 32.9. The zero-order chi connectivity index (χ0) is 38.2. The van der Waals surface area contributed by atoms with E-state index in [0.29, 0.717) is 75.4 Å². The van der Waals surface area contributed by atoms with Crippen molar-refractivity contribution in [1.82, 2.24) is 0 Å². The summed E-state index contributed by atoms with van der Waals surface area (Å²) in [5.41, 5.74) is -1.72. The summed E-state index contributed by atoms with van der Waals surface area (Å²) in [5, 5.41) is 58.3. The van der Waals surface area contributed by atoms with E-state index in [1.807, 2.05) is 17.9 Å². The van der Waals surface area contributed by atoms with Crippen LogP contribution >= 0.6 is 0 Å². The lowest BCUT2D eigenvalue weighted by molar-refractivity contribution is -0.168. The van der Waals surface area contributed by atoms with Gasteiger partial charge < -0.3 is 35.2 Å². The van der Waals surface area contributed by atoms with Crippen molar-refractivity contribution in [3.63, 3.8) is 0 Å². The van der Waals surface area contributed by atoms with Crippen LogP contribution in [0.2, 0.25) is 0 Å². The van der Waals surface area contributed by atoms with Crippen LogP contribution < -0.4 is 4.90 Å². The minimum atomic E-state index is -1.38. The number of carbonyl (C=O) groups is 2. The molecular weight excluding hydrogens is 670 g/mol. The number of phenols is 1. The van der Waals surface area contributed by atoms with Gasteiger partial charge in [0.2, 0.25) is 5.91 Å². The number of epoxide rings is 1. The predicted octanol–water partition coefficient (Wildman–Crippen LogP) is 6.25. The first-order valence-corrected chi connectivity index (χ1v) is 20.8. The smallest absolute Gasteiger partial charge is 0.227 e. The molecule has 2 aliphatic heterocycles. The topological polar surface area (TPSA) is 151 Å². The van der Waals surface area contributed by atoms with E-state index in [2.05, 4.69) is 34.6 Å². The van der Waals surface area contributed by atoms with Gasteiger partial charge in [-0.3, -0.25) is 9.59 Å². The van der Waals surface area contributed by atoms with Crippen molar-refractivity contribution in [2.75, 3.05) is 11.4 Å². The maximum Gasteiger partial charge on any atom is 0.227 e. The van der Waals surface area contributed by atoms with Crippen molar-refractivity contribution in [2.24, 2.45) is 46.3 Å². The molecule has 7 rings (SSSR count). The maximum absolute atomic E-state index is 13.9. The Morgan fingerprint density at radius 3 is 2.51 bits per heavy atom. The molecule has 13 atom stereocenters. The second-order valence-corrected chi connectivity index (χ2v) is 19.1. The van der Waals surface area contributed by atoms with Gasteiger partial charge in [-0.2, -0.15) is 0 Å². The van der Waals surface area contributed by atoms with E-state index < -0.39 is 40.2 Å². The number of rotatable bonds is 12. The number of anilines is 1. The van der Waals surface area contributed by atoms with Gasteiger partial charge >= 0.3 is 0 Å². The number of hydrogen-bond acceptors (Lipinski definition) is 8. The molecule has 5 N–H and O–H groups in total. The molecule has 294 valence electrons. The molecule has 1 aromatic carbocycles. The molecule has 9 nitrogen and oxygen atoms in total. The second kappa shape index (κ2) is 14.0. The molecule has 6 aliphatic rings. The fourth-order valence-corrected chi connectivity index (χ4v) is 12.4. The third-order valence-corrected chi connectivity index (χ3v) is 15.8. The van der Waals surface area contributed by atoms with Gasteiger partial charge in [0.05, 0.1) is 29.5 Å². The Morgan fingerprint density at radius 1 is 1.04 bits per heavy atom. The fraction of sp³-hybridized carbons (Fsp3) is 0.773. The summed E-state index contributed by atoms with van der Waals surface area (Å²) in [6.07, 6.45) is 8.11. The molecule has 9 heteroatoms. The first kappa shape index (κ1) is 39.0. The minimum Gasteiger partial charge on any atom is -0.508 e. The Kier molecular flexibility index (Phi) is 10.3. The molecule has 2 saturated heterocycles. The van der Waals surface area contributed by atoms with Crippen LogP contribution in [-0.4, -0.2) is 79.4 Å². The number of hydrogen-bond donors (Lipinski definition) is 5. The third kappa shape index (κ3) is 6.42. The Balaban J connectivity index is 1.22. The molecule has 0 bridgehead atoms. The van der Waals surface area contributed by atoms with Crippen LogP contribution in [0.3, 0.4) is 0 Å². The second-order valence-electron chi connectivity index (χ2n) is 19.1. The van der Waals surface area contributed by atoms with Gasteiger partial charge in [0.1, 0.15) is 11.9 Å². The average Bonchev–Trinajstić information content (AvgIpc) is 3.73. The van der Waals surface area contributed by atoms with Crippen molar-refractivity contribution in [1.29, 1.82) is 0 Å². The number of allylic oxidation sites excluding steroid dienone is 1. The van der Waals surface area contributed by atoms with Crippen LogP contribution in [0, 0.1) is 46.3 Å². The van der Waals surface area contributed by atoms with Gasteiger partial charge in [0, 0.05) is 36.1 Å². The highest BCUT2D eigenvalue weighted by atomic mass is 16.6. The number of unbranched alkanes of at least 4 members (excludes halogenated alkanes) is 2. The lowest BCUT2D eigenvalue weighted by Crippen LogP contribution is -2.63. The molecule has 2 heterocycles. The number of benzene rings is 1. The predicted molar refractivity (Wildman–Crippen MR) is 203 cm³/mol. The molecule has 0 radical (unpaired) electrons. The lowest BCUT2D eigenvalue weighted by atomic mass is 9.44. The molecule has 53 heavy (non-hydrogen) atoms. The highest BCUT2D eigenvalue weighted by Gasteiger charge is 2.72. The van der Waals surface area contributed by atoms with E-state index in [0.717, 1.165) is 36.8 Å². The standard InChI is InChI=1S/C44H65NO8/c1-7-8-9-10-28-19-38(50)45(24-28)29-17-27(18-30(46)20-29)11-14-43-15-12-31-32(21-34(47)33-22-35(48)36(49)23-41(31,33)5)44(43,52)16-13-37(43)42(6,51)40-39(53-40)26(4)25(2)3/h17-18,20-21,25-26,28,31,33,35-37,39-40,46,48-49,51-52H,7-16,19,22-24H2,1-6H3. The summed E-state index contributed by atoms with van der Waals surface area (Å²) >= 11 is 0. The Morgan fingerprint density at radius 2 is 1.79 bits per heavy atom. The first-order chi connectivity index (χ1) is 25.0. The number of aryl methyl sites for hydroxylation is 1. The highest BCUT2D eigenvalue weighted by Crippen LogP contribution is 2.70. The van der Waals surface area contributed by atoms with E-state index in [1.54, 1.807) is 18.2 Å². The lowest BCUT2D eigenvalue weighted by Gasteiger charge is -2.61. The van der Waals surface area contributed by atoms with Crippen LogP contribution in [0.5, 0.6) is 5.75 Å². The third-order valence-electron chi connectivity index (χ3n) is 15.8. The molecule has 4 aliphatic carbocycles. The SMILES string of the molecule is CCCCCC1CC(=O)N(c2cc(O)cc(CCC34CCC5C(=CC(=O)C6CC(O)C(O)CC65C)C3(O)CCC4C(C)(O)C3OC3C(C)C(C)C)c2)C1. The molecule has 3 saturated carbocycles. The normalized spacial score (nSPS) is 41.1. The van der Waals surface area contributed by atoms with Gasteiger partial charge in [0.25, 0.3) is 0 Å². The van der Waals surface area contributed by atoms with E-state index in [1.165, 1.54) is 0 Å². The van der Waals surface area contributed by atoms with Gasteiger partial charge in [-0.05, 0) is 129 Å². The summed E-state index contributed by atoms with van der Waals surface area (Å²) in [6.45, 7) is 13.3. The number of carbonyl (C=O) groups excluding carboxylic acids is 2. The van der Waals surface area contributed by atoms with Gasteiger partial charge in [-0.15, -0.1) is 0 Å². The number of amides is 1. The van der Waals surface area contributed by atoms with Gasteiger partial charge in [0.15, 0.2) is 5.78 Å². The van der Waals surface area contributed by atoms with Crippen LogP contribution in [0.15, 0.2) is 29.8 Å². The Labute approximate surface area is 316 Å². The Bertz CT molecular complexity index is 1600. The number of ether oxygens (including phenoxy) is 1. The average molecular weight is 736 g/mol. The molecule has 1 amide bonds. The quantitative estimate of drug-likeness (QED) is 0.125. The fourth-order valence-electron chi connectivity index (χ4n) is 12.4. The van der Waals surface area contributed by atoms with Gasteiger partial charge in [-0.1, -0.05) is 53.9 Å². The van der Waals surface area contributed by atoms with E-state index in [9.17, 15) is 35.1 Å². The largest absolute Gasteiger partial charge is 0.508 e. The minimum absolute atomic E-state index is 0.0743. The zero-order valence-corrected chi connectivity index (χ0v) is 32.9. The van der Waals surface area contributed by atoms with E-state index in [4.69, 9.17) is 4.74 Å². The highest BCUT2D eigenvalue weighted by molar-refractivity contribution is 5.96. The van der Waals surface area contributed by atoms with Crippen LogP contribution in [0.4, 0.5) is 5.69 Å². The van der Waals surface area contributed by atoms with Crippen molar-refractivity contribution < 1.29 is 39.9 Å². The van der Waals surface area contributed by atoms with Crippen molar-refractivity contribution in [3.05, 3.63) is 35.4 Å².